The van der Waals surface area contributed by atoms with Gasteiger partial charge in [0.05, 0.1) is 25.6 Å². The van der Waals surface area contributed by atoms with Crippen LogP contribution in [0.1, 0.15) is 11.4 Å². The van der Waals surface area contributed by atoms with Crippen molar-refractivity contribution >= 4 is 40.3 Å². The molecular weight excluding hydrogens is 460 g/mol. The van der Waals surface area contributed by atoms with Crippen LogP contribution in [-0.4, -0.2) is 39.7 Å². The van der Waals surface area contributed by atoms with Crippen molar-refractivity contribution in [3.05, 3.63) is 90.8 Å². The zero-order chi connectivity index (χ0) is 24.5. The summed E-state index contributed by atoms with van der Waals surface area (Å²) in [6.07, 6.45) is 3.34. The third kappa shape index (κ3) is 6.07. The summed E-state index contributed by atoms with van der Waals surface area (Å²) in [4.78, 5) is 12.3. The second-order valence-electron chi connectivity index (χ2n) is 7.50. The number of ether oxygens (including phenoxy) is 1. The van der Waals surface area contributed by atoms with Crippen molar-refractivity contribution in [1.82, 2.24) is 20.2 Å². The Morgan fingerprint density at radius 1 is 1.11 bits per heavy atom. The Labute approximate surface area is 208 Å². The number of amides is 1. The second kappa shape index (κ2) is 11.8. The molecule has 3 aromatic carbocycles. The Hall–Kier alpha value is -4.11. The van der Waals surface area contributed by atoms with Crippen LogP contribution in [0, 0.1) is 0 Å². The summed E-state index contributed by atoms with van der Waals surface area (Å²) >= 11 is 1.30. The first kappa shape index (κ1) is 24.0. The molecule has 0 saturated heterocycles. The van der Waals surface area contributed by atoms with Gasteiger partial charge in [0, 0.05) is 23.2 Å². The molecule has 0 unspecified atom stereocenters. The number of nitrogens with one attached hydrogen (secondary N) is 2. The lowest BCUT2D eigenvalue weighted by Gasteiger charge is -2.11. The number of allylic oxidation sites excluding steroid dienone is 1. The Balaban J connectivity index is 1.37. The fourth-order valence-electron chi connectivity index (χ4n) is 3.53. The van der Waals surface area contributed by atoms with Gasteiger partial charge in [-0.15, -0.1) is 16.8 Å². The van der Waals surface area contributed by atoms with Crippen LogP contribution in [0.5, 0.6) is 5.75 Å². The van der Waals surface area contributed by atoms with Gasteiger partial charge in [-0.2, -0.15) is 5.10 Å². The Morgan fingerprint density at radius 3 is 2.77 bits per heavy atom. The van der Waals surface area contributed by atoms with Crippen molar-refractivity contribution < 1.29 is 9.53 Å². The topological polar surface area (TPSA) is 93.4 Å². The number of hydrogen-bond donors (Lipinski definition) is 2. The van der Waals surface area contributed by atoms with E-state index in [2.05, 4.69) is 50.8 Å². The molecule has 1 heterocycles. The van der Waals surface area contributed by atoms with Crippen molar-refractivity contribution in [2.75, 3.05) is 18.2 Å². The number of rotatable bonds is 11. The maximum atomic E-state index is 12.3. The molecule has 0 atom stereocenters. The first-order valence-corrected chi connectivity index (χ1v) is 12.0. The molecule has 4 aromatic rings. The van der Waals surface area contributed by atoms with E-state index < -0.39 is 0 Å². The maximum Gasteiger partial charge on any atom is 0.250 e. The summed E-state index contributed by atoms with van der Waals surface area (Å²) in [6, 6.07) is 21.8. The van der Waals surface area contributed by atoms with Crippen molar-refractivity contribution in [1.29, 1.82) is 0 Å². The minimum absolute atomic E-state index is 0.148. The zero-order valence-electron chi connectivity index (χ0n) is 19.3. The molecule has 1 aromatic heterocycles. The predicted molar refractivity (Wildman–Crippen MR) is 141 cm³/mol. The first-order valence-electron chi connectivity index (χ1n) is 11.0. The van der Waals surface area contributed by atoms with E-state index in [1.807, 2.05) is 53.1 Å². The molecule has 0 aliphatic rings. The van der Waals surface area contributed by atoms with E-state index in [0.29, 0.717) is 24.0 Å². The number of nitrogens with zero attached hydrogens (tertiary/aromatic N) is 4. The molecule has 0 saturated carbocycles. The highest BCUT2D eigenvalue weighted by Crippen LogP contribution is 2.24. The minimum Gasteiger partial charge on any atom is -0.496 e. The average Bonchev–Trinajstić information content (AvgIpc) is 3.28. The van der Waals surface area contributed by atoms with Crippen molar-refractivity contribution in [3.63, 3.8) is 0 Å². The monoisotopic (exact) mass is 486 g/mol. The molecular formula is C26H26N6O2S. The molecule has 35 heavy (non-hydrogen) atoms. The van der Waals surface area contributed by atoms with E-state index in [1.54, 1.807) is 19.4 Å². The third-order valence-corrected chi connectivity index (χ3v) is 6.16. The first-order chi connectivity index (χ1) is 17.2. The second-order valence-corrected chi connectivity index (χ2v) is 8.44. The lowest BCUT2D eigenvalue weighted by Crippen LogP contribution is -2.20. The van der Waals surface area contributed by atoms with Gasteiger partial charge in [0.15, 0.2) is 11.0 Å². The molecule has 0 bridgehead atoms. The number of aromatic nitrogens is 3. The van der Waals surface area contributed by atoms with Gasteiger partial charge in [0.25, 0.3) is 5.91 Å². The molecule has 8 nitrogen and oxygen atoms in total. The molecule has 178 valence electrons. The lowest BCUT2D eigenvalue weighted by atomic mass is 10.1. The van der Waals surface area contributed by atoms with E-state index in [9.17, 15) is 4.79 Å². The van der Waals surface area contributed by atoms with Crippen LogP contribution in [0.2, 0.25) is 0 Å². The molecule has 0 radical (unpaired) electrons. The van der Waals surface area contributed by atoms with Crippen LogP contribution >= 0.6 is 11.8 Å². The van der Waals surface area contributed by atoms with E-state index in [0.717, 1.165) is 22.5 Å². The van der Waals surface area contributed by atoms with Crippen LogP contribution < -0.4 is 15.5 Å². The van der Waals surface area contributed by atoms with Gasteiger partial charge in [-0.3, -0.25) is 4.79 Å². The van der Waals surface area contributed by atoms with E-state index in [4.69, 9.17) is 4.74 Å². The lowest BCUT2D eigenvalue weighted by molar-refractivity contribution is -0.118. The smallest absolute Gasteiger partial charge is 0.250 e. The Bertz CT molecular complexity index is 1350. The Morgan fingerprint density at radius 2 is 1.91 bits per heavy atom. The van der Waals surface area contributed by atoms with E-state index in [1.165, 1.54) is 17.1 Å². The maximum absolute atomic E-state index is 12.3. The van der Waals surface area contributed by atoms with Gasteiger partial charge in [0.2, 0.25) is 0 Å². The van der Waals surface area contributed by atoms with Gasteiger partial charge in [-0.1, -0.05) is 66.4 Å². The number of para-hydroxylation sites is 1. The largest absolute Gasteiger partial charge is 0.496 e. The number of anilines is 1. The van der Waals surface area contributed by atoms with Crippen LogP contribution in [0.25, 0.3) is 10.8 Å². The van der Waals surface area contributed by atoms with Gasteiger partial charge in [-0.25, -0.2) is 5.43 Å². The highest BCUT2D eigenvalue weighted by Gasteiger charge is 2.14. The number of hydrogen-bond acceptors (Lipinski definition) is 7. The molecule has 0 aliphatic carbocycles. The quantitative estimate of drug-likeness (QED) is 0.141. The summed E-state index contributed by atoms with van der Waals surface area (Å²) in [5, 5.41) is 19.1. The van der Waals surface area contributed by atoms with Gasteiger partial charge < -0.3 is 14.6 Å². The minimum atomic E-state index is -0.246. The standard InChI is InChI=1S/C26H26N6O2S/c1-3-15-32-24(17-27-22-13-8-11-19-9-4-6-12-21(19)22)29-31-26(32)35-18-25(33)30-28-16-20-10-5-7-14-23(20)34-2/h3-14,16,27H,1,15,17-18H2,2H3,(H,30,33)/b28-16+. The number of benzene rings is 3. The Kier molecular flexibility index (Phi) is 8.13. The fourth-order valence-corrected chi connectivity index (χ4v) is 4.29. The summed E-state index contributed by atoms with van der Waals surface area (Å²) < 4.78 is 7.22. The van der Waals surface area contributed by atoms with Crippen molar-refractivity contribution in [3.8, 4) is 5.75 Å². The summed E-state index contributed by atoms with van der Waals surface area (Å²) in [6.45, 7) is 4.87. The normalized spacial score (nSPS) is 11.0. The fraction of sp³-hybridized carbons (Fsp3) is 0.154. The van der Waals surface area contributed by atoms with Crippen LogP contribution in [-0.2, 0) is 17.9 Å². The summed E-state index contributed by atoms with van der Waals surface area (Å²) in [7, 11) is 1.59. The molecule has 1 amide bonds. The number of methoxy groups -OCH3 is 1. The van der Waals surface area contributed by atoms with E-state index in [-0.39, 0.29) is 11.7 Å². The summed E-state index contributed by atoms with van der Waals surface area (Å²) in [5.41, 5.74) is 4.34. The number of hydrazone groups is 1. The van der Waals surface area contributed by atoms with Crippen LogP contribution in [0.4, 0.5) is 5.69 Å². The van der Waals surface area contributed by atoms with Gasteiger partial charge in [0.1, 0.15) is 5.75 Å². The van der Waals surface area contributed by atoms with Crippen LogP contribution in [0.3, 0.4) is 0 Å². The SMILES string of the molecule is C=CCn1c(CNc2cccc3ccccc23)nnc1SCC(=O)N/N=C/c1ccccc1OC. The molecule has 4 rings (SSSR count). The third-order valence-electron chi connectivity index (χ3n) is 5.20. The highest BCUT2D eigenvalue weighted by atomic mass is 32.2. The predicted octanol–water partition coefficient (Wildman–Crippen LogP) is 4.48. The molecule has 2 N–H and O–H groups in total. The van der Waals surface area contributed by atoms with Crippen molar-refractivity contribution in [2.24, 2.45) is 5.10 Å². The average molecular weight is 487 g/mol. The van der Waals surface area contributed by atoms with Crippen LogP contribution in [0.15, 0.2) is 89.6 Å². The van der Waals surface area contributed by atoms with Gasteiger partial charge >= 0.3 is 0 Å². The number of carbonyl (C=O) groups is 1. The molecule has 0 fully saturated rings. The van der Waals surface area contributed by atoms with Gasteiger partial charge in [-0.05, 0) is 23.6 Å². The number of carbonyl (C=O) groups excluding carboxylic acids is 1. The highest BCUT2D eigenvalue weighted by molar-refractivity contribution is 7.99. The van der Waals surface area contributed by atoms with E-state index >= 15 is 0 Å². The summed E-state index contributed by atoms with van der Waals surface area (Å²) in [5.74, 6) is 1.34. The molecule has 0 spiro atoms. The number of thioether (sulfide) groups is 1. The zero-order valence-corrected chi connectivity index (χ0v) is 20.2. The van der Waals surface area contributed by atoms with Crippen molar-refractivity contribution in [2.45, 2.75) is 18.2 Å². The molecule has 9 heteroatoms. The molecule has 0 aliphatic heterocycles. The number of fused-ring (bicyclic) bond motifs is 1.